The van der Waals surface area contributed by atoms with Crippen LogP contribution in [0.25, 0.3) is 6.08 Å². The number of non-ortho nitro benzene ring substituents is 1. The van der Waals surface area contributed by atoms with Crippen molar-refractivity contribution in [3.05, 3.63) is 57.9 Å². The number of hydrogen-bond acceptors (Lipinski definition) is 3. The summed E-state index contributed by atoms with van der Waals surface area (Å²) in [5, 5.41) is 10.6. The quantitative estimate of drug-likeness (QED) is 0.312. The molecule has 22 heavy (non-hydrogen) atoms. The van der Waals surface area contributed by atoms with E-state index in [1.54, 1.807) is 12.1 Å². The van der Waals surface area contributed by atoms with Crippen molar-refractivity contribution in [3.63, 3.8) is 0 Å². The molecule has 0 aromatic heterocycles. The van der Waals surface area contributed by atoms with Crippen LogP contribution in [0.15, 0.2) is 42.2 Å². The van der Waals surface area contributed by atoms with E-state index in [1.807, 2.05) is 6.08 Å². The number of nitro benzene ring substituents is 1. The number of hydrogen-bond donors (Lipinski definition) is 0. The molecule has 0 bridgehead atoms. The Morgan fingerprint density at radius 2 is 2.14 bits per heavy atom. The second-order valence-corrected chi connectivity index (χ2v) is 5.58. The van der Waals surface area contributed by atoms with E-state index >= 15 is 0 Å². The van der Waals surface area contributed by atoms with Crippen LogP contribution in [0.1, 0.15) is 51.0 Å². The molecule has 1 aromatic rings. The molecule has 1 saturated heterocycles. The molecule has 4 nitrogen and oxygen atoms in total. The zero-order valence-corrected chi connectivity index (χ0v) is 13.0. The van der Waals surface area contributed by atoms with Gasteiger partial charge in [0.15, 0.2) is 0 Å². The van der Waals surface area contributed by atoms with Crippen LogP contribution in [0, 0.1) is 10.1 Å². The highest BCUT2D eigenvalue weighted by atomic mass is 16.6. The topological polar surface area (TPSA) is 52.4 Å². The maximum atomic E-state index is 10.6. The highest BCUT2D eigenvalue weighted by Crippen LogP contribution is 2.25. The third-order valence-electron chi connectivity index (χ3n) is 3.72. The van der Waals surface area contributed by atoms with Crippen LogP contribution >= 0.6 is 0 Å². The number of rotatable bonds is 6. The Morgan fingerprint density at radius 1 is 1.36 bits per heavy atom. The summed E-state index contributed by atoms with van der Waals surface area (Å²) in [4.78, 5) is 10.3. The van der Waals surface area contributed by atoms with E-state index in [4.69, 9.17) is 4.74 Å². The van der Waals surface area contributed by atoms with Crippen LogP contribution in [0.3, 0.4) is 0 Å². The van der Waals surface area contributed by atoms with Crippen LogP contribution in [0.4, 0.5) is 5.69 Å². The van der Waals surface area contributed by atoms with Gasteiger partial charge in [0, 0.05) is 18.6 Å². The van der Waals surface area contributed by atoms with Crippen LogP contribution in [0.5, 0.6) is 0 Å². The lowest BCUT2D eigenvalue weighted by Gasteiger charge is -2.23. The predicted molar refractivity (Wildman–Crippen MR) is 88.5 cm³/mol. The highest BCUT2D eigenvalue weighted by molar-refractivity contribution is 5.53. The largest absolute Gasteiger partial charge is 0.491 e. The Labute approximate surface area is 131 Å². The average Bonchev–Trinajstić information content (AvgIpc) is 2.52. The van der Waals surface area contributed by atoms with Crippen molar-refractivity contribution in [1.82, 2.24) is 0 Å². The van der Waals surface area contributed by atoms with Gasteiger partial charge in [-0.05, 0) is 49.1 Å². The number of nitrogens with zero attached hydrogens (tertiary/aromatic N) is 1. The van der Waals surface area contributed by atoms with Gasteiger partial charge in [0.25, 0.3) is 5.69 Å². The van der Waals surface area contributed by atoms with Crippen molar-refractivity contribution >= 4 is 11.8 Å². The van der Waals surface area contributed by atoms with E-state index in [2.05, 4.69) is 19.1 Å². The summed E-state index contributed by atoms with van der Waals surface area (Å²) >= 11 is 0. The molecule has 0 aliphatic carbocycles. The summed E-state index contributed by atoms with van der Waals surface area (Å²) in [6, 6.07) is 6.57. The molecule has 0 spiro atoms. The first-order chi connectivity index (χ1) is 10.7. The first-order valence-corrected chi connectivity index (χ1v) is 7.97. The van der Waals surface area contributed by atoms with Crippen LogP contribution in [-0.2, 0) is 4.74 Å². The van der Waals surface area contributed by atoms with Crippen molar-refractivity contribution in [3.8, 4) is 0 Å². The summed E-state index contributed by atoms with van der Waals surface area (Å²) in [6.45, 7) is 2.19. The normalized spacial score (nSPS) is 20.2. The van der Waals surface area contributed by atoms with Gasteiger partial charge in [-0.15, -0.1) is 0 Å². The minimum atomic E-state index is -0.384. The van der Waals surface area contributed by atoms with Gasteiger partial charge in [-0.1, -0.05) is 25.8 Å². The maximum absolute atomic E-state index is 10.6. The van der Waals surface area contributed by atoms with Crippen molar-refractivity contribution < 1.29 is 9.66 Å². The summed E-state index contributed by atoms with van der Waals surface area (Å²) in [6.07, 6.45) is 13.2. The van der Waals surface area contributed by atoms with Gasteiger partial charge >= 0.3 is 0 Å². The second-order valence-electron chi connectivity index (χ2n) is 5.58. The molecular formula is C18H23NO3. The first kappa shape index (κ1) is 16.3. The van der Waals surface area contributed by atoms with Gasteiger partial charge < -0.3 is 4.74 Å². The number of unbranched alkanes of at least 4 members (excludes halogenated alkanes) is 2. The van der Waals surface area contributed by atoms with E-state index in [1.165, 1.54) is 25.0 Å². The van der Waals surface area contributed by atoms with Crippen molar-refractivity contribution in [2.24, 2.45) is 0 Å². The van der Waals surface area contributed by atoms with Crippen LogP contribution < -0.4 is 0 Å². The van der Waals surface area contributed by atoms with E-state index < -0.39 is 0 Å². The molecule has 1 heterocycles. The number of benzene rings is 1. The van der Waals surface area contributed by atoms with Crippen molar-refractivity contribution in [2.75, 3.05) is 0 Å². The third-order valence-corrected chi connectivity index (χ3v) is 3.72. The molecule has 0 N–H and O–H groups in total. The molecule has 1 aliphatic heterocycles. The molecule has 0 radical (unpaired) electrons. The van der Waals surface area contributed by atoms with E-state index in [0.29, 0.717) is 0 Å². The molecule has 118 valence electrons. The minimum absolute atomic E-state index is 0.114. The van der Waals surface area contributed by atoms with Crippen LogP contribution in [-0.4, -0.2) is 11.0 Å². The molecule has 0 saturated carbocycles. The Morgan fingerprint density at radius 3 is 2.82 bits per heavy atom. The average molecular weight is 301 g/mol. The zero-order chi connectivity index (χ0) is 15.8. The second kappa shape index (κ2) is 8.37. The van der Waals surface area contributed by atoms with Gasteiger partial charge in [0.05, 0.1) is 10.7 Å². The smallest absolute Gasteiger partial charge is 0.269 e. The summed E-state index contributed by atoms with van der Waals surface area (Å²) < 4.78 is 5.99. The van der Waals surface area contributed by atoms with Gasteiger partial charge in [0.2, 0.25) is 0 Å². The molecule has 1 fully saturated rings. The lowest BCUT2D eigenvalue weighted by atomic mass is 10.0. The van der Waals surface area contributed by atoms with Crippen LogP contribution in [0.2, 0.25) is 0 Å². The summed E-state index contributed by atoms with van der Waals surface area (Å²) in [7, 11) is 0. The van der Waals surface area contributed by atoms with Gasteiger partial charge in [0.1, 0.15) is 6.10 Å². The molecule has 1 aromatic carbocycles. The van der Waals surface area contributed by atoms with Gasteiger partial charge in [-0.3, -0.25) is 10.1 Å². The predicted octanol–water partition coefficient (Wildman–Crippen LogP) is 5.25. The molecule has 1 unspecified atom stereocenters. The SMILES string of the molecule is CCCC/C=C/C1CCC/C(=C\c2ccc([N+](=O)[O-])cc2)O1. The number of nitro groups is 1. The van der Waals surface area contributed by atoms with Gasteiger partial charge in [-0.2, -0.15) is 0 Å². The van der Waals surface area contributed by atoms with E-state index in [9.17, 15) is 10.1 Å². The number of allylic oxidation sites excluding steroid dienone is 2. The Balaban J connectivity index is 1.96. The van der Waals surface area contributed by atoms with Crippen molar-refractivity contribution in [2.45, 2.75) is 51.6 Å². The summed E-state index contributed by atoms with van der Waals surface area (Å²) in [5.41, 5.74) is 1.06. The fourth-order valence-corrected chi connectivity index (χ4v) is 2.48. The Bertz CT molecular complexity index is 546. The minimum Gasteiger partial charge on any atom is -0.491 e. The first-order valence-electron chi connectivity index (χ1n) is 7.97. The monoisotopic (exact) mass is 301 g/mol. The zero-order valence-electron chi connectivity index (χ0n) is 13.0. The highest BCUT2D eigenvalue weighted by Gasteiger charge is 2.15. The standard InChI is InChI=1S/C18H23NO3/c1-2-3-4-5-7-17-8-6-9-18(22-17)14-15-10-12-16(13-11-15)19(20)21/h5,7,10-14,17H,2-4,6,8-9H2,1H3/b7-5+,18-14+. The fourth-order valence-electron chi connectivity index (χ4n) is 2.48. The molecular weight excluding hydrogens is 278 g/mol. The lowest BCUT2D eigenvalue weighted by molar-refractivity contribution is -0.384. The fraction of sp³-hybridized carbons (Fsp3) is 0.444. The maximum Gasteiger partial charge on any atom is 0.269 e. The van der Waals surface area contributed by atoms with Crippen molar-refractivity contribution in [1.29, 1.82) is 0 Å². The lowest BCUT2D eigenvalue weighted by Crippen LogP contribution is -2.15. The molecule has 0 amide bonds. The number of ether oxygens (including phenoxy) is 1. The molecule has 2 rings (SSSR count). The Hall–Kier alpha value is -2.10. The third kappa shape index (κ3) is 5.02. The molecule has 1 aliphatic rings. The van der Waals surface area contributed by atoms with E-state index in [0.717, 1.165) is 37.0 Å². The van der Waals surface area contributed by atoms with Gasteiger partial charge in [-0.25, -0.2) is 0 Å². The Kier molecular flexibility index (Phi) is 6.19. The molecule has 4 heteroatoms. The van der Waals surface area contributed by atoms with E-state index in [-0.39, 0.29) is 16.7 Å². The molecule has 1 atom stereocenters. The summed E-state index contributed by atoms with van der Waals surface area (Å²) in [5.74, 6) is 0.963.